The molecule has 3 heterocycles. The van der Waals surface area contributed by atoms with Crippen LogP contribution in [-0.4, -0.2) is 27.5 Å². The molecule has 0 bridgehead atoms. The fourth-order valence-electron chi connectivity index (χ4n) is 3.98. The smallest absolute Gasteiger partial charge is 0.231 e. The zero-order valence-electron chi connectivity index (χ0n) is 18.4. The third-order valence-electron chi connectivity index (χ3n) is 5.47. The summed E-state index contributed by atoms with van der Waals surface area (Å²) in [6, 6.07) is 5.41. The lowest BCUT2D eigenvalue weighted by Crippen LogP contribution is -2.23. The van der Waals surface area contributed by atoms with E-state index in [4.69, 9.17) is 19.6 Å². The van der Waals surface area contributed by atoms with Gasteiger partial charge < -0.3 is 14.8 Å². The van der Waals surface area contributed by atoms with E-state index in [1.165, 1.54) is 0 Å². The minimum atomic E-state index is -0.148. The molecule has 0 atom stereocenters. The van der Waals surface area contributed by atoms with Gasteiger partial charge in [-0.25, -0.2) is 9.67 Å². The highest BCUT2D eigenvalue weighted by atomic mass is 16.7. The van der Waals surface area contributed by atoms with Crippen LogP contribution in [0.25, 0.3) is 11.0 Å². The van der Waals surface area contributed by atoms with E-state index < -0.39 is 0 Å². The van der Waals surface area contributed by atoms with E-state index in [-0.39, 0.29) is 18.2 Å². The number of aryl methyl sites for hydroxylation is 3. The Morgan fingerprint density at radius 1 is 1.13 bits per heavy atom. The van der Waals surface area contributed by atoms with Crippen molar-refractivity contribution < 1.29 is 14.3 Å². The van der Waals surface area contributed by atoms with Gasteiger partial charge in [-0.2, -0.15) is 5.10 Å². The van der Waals surface area contributed by atoms with Crippen LogP contribution in [-0.2, 0) is 16.8 Å². The number of nitrogens with one attached hydrogen (secondary N) is 1. The van der Waals surface area contributed by atoms with Crippen LogP contribution in [0.1, 0.15) is 49.7 Å². The Kier molecular flexibility index (Phi) is 4.92. The predicted octanol–water partition coefficient (Wildman–Crippen LogP) is 4.41. The molecular weight excluding hydrogens is 380 g/mol. The fraction of sp³-hybridized carbons (Fsp3) is 0.435. The Hall–Kier alpha value is -3.09. The van der Waals surface area contributed by atoms with Gasteiger partial charge in [0.2, 0.25) is 12.7 Å². The Morgan fingerprint density at radius 3 is 2.60 bits per heavy atom. The first-order valence-corrected chi connectivity index (χ1v) is 10.2. The number of nitrogens with zero attached hydrogens (tertiary/aromatic N) is 3. The highest BCUT2D eigenvalue weighted by Crippen LogP contribution is 2.34. The first-order valence-electron chi connectivity index (χ1n) is 10.2. The van der Waals surface area contributed by atoms with E-state index in [1.807, 2.05) is 24.6 Å². The Balaban J connectivity index is 1.54. The predicted molar refractivity (Wildman–Crippen MR) is 116 cm³/mol. The van der Waals surface area contributed by atoms with Gasteiger partial charge in [-0.05, 0) is 71.2 Å². The molecule has 1 N–H and O–H groups in total. The molecule has 0 radical (unpaired) electrons. The number of rotatable bonds is 4. The standard InChI is InChI=1S/C23H28N4O3/c1-13-17(14(2)24-22-21(13)15(3)26-27(22)23(4,5)6)8-10-20(28)25-16-7-9-18-19(11-16)30-12-29-18/h7,9,11H,8,10,12H2,1-6H3,(H,25,28). The normalized spacial score (nSPS) is 13.1. The molecule has 30 heavy (non-hydrogen) atoms. The number of hydrogen-bond acceptors (Lipinski definition) is 5. The lowest BCUT2D eigenvalue weighted by atomic mass is 9.99. The van der Waals surface area contributed by atoms with Gasteiger partial charge in [-0.1, -0.05) is 0 Å². The minimum Gasteiger partial charge on any atom is -0.454 e. The molecule has 0 saturated heterocycles. The number of ether oxygens (including phenoxy) is 2. The van der Waals surface area contributed by atoms with Crippen LogP contribution in [0, 0.1) is 20.8 Å². The van der Waals surface area contributed by atoms with E-state index >= 15 is 0 Å². The molecule has 0 fully saturated rings. The SMILES string of the molecule is Cc1nc2c(c(C)nn2C(C)(C)C)c(C)c1CCC(=O)Nc1ccc2c(c1)OCO2. The number of carbonyl (C=O) groups excluding carboxylic acids is 1. The summed E-state index contributed by atoms with van der Waals surface area (Å²) in [6.45, 7) is 12.7. The number of aromatic nitrogens is 3. The van der Waals surface area contributed by atoms with Gasteiger partial charge >= 0.3 is 0 Å². The second kappa shape index (κ2) is 7.31. The van der Waals surface area contributed by atoms with Gasteiger partial charge in [-0.15, -0.1) is 0 Å². The quantitative estimate of drug-likeness (QED) is 0.692. The number of fused-ring (bicyclic) bond motifs is 2. The number of pyridine rings is 1. The molecule has 3 aromatic rings. The third-order valence-corrected chi connectivity index (χ3v) is 5.47. The highest BCUT2D eigenvalue weighted by Gasteiger charge is 2.23. The average Bonchev–Trinajstić information content (AvgIpc) is 3.25. The summed E-state index contributed by atoms with van der Waals surface area (Å²) in [5.41, 5.74) is 5.64. The molecule has 1 aliphatic heterocycles. The average molecular weight is 409 g/mol. The van der Waals surface area contributed by atoms with Crippen molar-refractivity contribution in [2.45, 2.75) is 59.9 Å². The van der Waals surface area contributed by atoms with Crippen LogP contribution in [0.4, 0.5) is 5.69 Å². The third kappa shape index (κ3) is 3.60. The topological polar surface area (TPSA) is 78.3 Å². The monoisotopic (exact) mass is 408 g/mol. The van der Waals surface area contributed by atoms with E-state index in [0.717, 1.165) is 33.5 Å². The molecule has 7 nitrogen and oxygen atoms in total. The summed E-state index contributed by atoms with van der Waals surface area (Å²) in [7, 11) is 0. The molecular formula is C23H28N4O3. The van der Waals surface area contributed by atoms with Crippen molar-refractivity contribution in [2.24, 2.45) is 0 Å². The van der Waals surface area contributed by atoms with Crippen LogP contribution in [0.15, 0.2) is 18.2 Å². The number of amides is 1. The van der Waals surface area contributed by atoms with E-state index in [2.05, 4.69) is 33.0 Å². The number of anilines is 1. The van der Waals surface area contributed by atoms with E-state index in [0.29, 0.717) is 30.0 Å². The van der Waals surface area contributed by atoms with Crippen molar-refractivity contribution in [1.29, 1.82) is 0 Å². The number of benzene rings is 1. The summed E-state index contributed by atoms with van der Waals surface area (Å²) in [4.78, 5) is 17.4. The molecule has 158 valence electrons. The summed E-state index contributed by atoms with van der Waals surface area (Å²) < 4.78 is 12.7. The van der Waals surface area contributed by atoms with E-state index in [1.54, 1.807) is 12.1 Å². The van der Waals surface area contributed by atoms with E-state index in [9.17, 15) is 4.79 Å². The second-order valence-electron chi connectivity index (χ2n) is 8.78. The van der Waals surface area contributed by atoms with Crippen LogP contribution in [0.5, 0.6) is 11.5 Å². The summed E-state index contributed by atoms with van der Waals surface area (Å²) in [5, 5.41) is 8.76. The first-order chi connectivity index (χ1) is 14.1. The van der Waals surface area contributed by atoms with Gasteiger partial charge in [0.05, 0.1) is 11.2 Å². The second-order valence-corrected chi connectivity index (χ2v) is 8.78. The zero-order valence-corrected chi connectivity index (χ0v) is 18.4. The molecule has 0 unspecified atom stereocenters. The summed E-state index contributed by atoms with van der Waals surface area (Å²) >= 11 is 0. The lowest BCUT2D eigenvalue weighted by Gasteiger charge is -2.20. The van der Waals surface area contributed by atoms with Crippen LogP contribution in [0.3, 0.4) is 0 Å². The highest BCUT2D eigenvalue weighted by molar-refractivity contribution is 5.91. The summed E-state index contributed by atoms with van der Waals surface area (Å²) in [5.74, 6) is 1.31. The maximum atomic E-state index is 12.6. The van der Waals surface area contributed by atoms with Gasteiger partial charge in [0.1, 0.15) is 0 Å². The molecule has 1 aromatic carbocycles. The maximum absolute atomic E-state index is 12.6. The molecule has 7 heteroatoms. The number of carbonyl (C=O) groups is 1. The van der Waals surface area contributed by atoms with Crippen molar-refractivity contribution in [1.82, 2.24) is 14.8 Å². The zero-order chi connectivity index (χ0) is 21.6. The van der Waals surface area contributed by atoms with Crippen molar-refractivity contribution in [3.05, 3.63) is 40.7 Å². The van der Waals surface area contributed by atoms with Crippen LogP contribution < -0.4 is 14.8 Å². The van der Waals surface area contributed by atoms with Crippen molar-refractivity contribution in [2.75, 3.05) is 12.1 Å². The number of hydrogen-bond donors (Lipinski definition) is 1. The molecule has 0 spiro atoms. The van der Waals surface area contributed by atoms with Gasteiger partial charge in [0.25, 0.3) is 0 Å². The molecule has 1 amide bonds. The van der Waals surface area contributed by atoms with Gasteiger partial charge in [-0.3, -0.25) is 4.79 Å². The lowest BCUT2D eigenvalue weighted by molar-refractivity contribution is -0.116. The Labute approximate surface area is 176 Å². The minimum absolute atomic E-state index is 0.0464. The first kappa shape index (κ1) is 20.2. The van der Waals surface area contributed by atoms with Crippen LogP contribution in [0.2, 0.25) is 0 Å². The largest absolute Gasteiger partial charge is 0.454 e. The molecule has 0 aliphatic carbocycles. The fourth-order valence-corrected chi connectivity index (χ4v) is 3.98. The summed E-state index contributed by atoms with van der Waals surface area (Å²) in [6.07, 6.45) is 0.993. The van der Waals surface area contributed by atoms with Crippen molar-refractivity contribution in [3.63, 3.8) is 0 Å². The van der Waals surface area contributed by atoms with Crippen molar-refractivity contribution >= 4 is 22.6 Å². The van der Waals surface area contributed by atoms with Gasteiger partial charge in [0, 0.05) is 29.3 Å². The molecule has 0 saturated carbocycles. The Bertz CT molecular complexity index is 1140. The molecule has 1 aliphatic rings. The maximum Gasteiger partial charge on any atom is 0.231 e. The van der Waals surface area contributed by atoms with Gasteiger partial charge in [0.15, 0.2) is 17.1 Å². The van der Waals surface area contributed by atoms with Crippen LogP contribution >= 0.6 is 0 Å². The molecule has 4 rings (SSSR count). The molecule has 2 aromatic heterocycles. The van der Waals surface area contributed by atoms with Crippen molar-refractivity contribution in [3.8, 4) is 11.5 Å². The Morgan fingerprint density at radius 2 is 1.87 bits per heavy atom.